The fourth-order valence-electron chi connectivity index (χ4n) is 0.766. The van der Waals surface area contributed by atoms with E-state index >= 15 is 0 Å². The number of aliphatic imine (C=N–C) groups is 1. The fraction of sp³-hybridized carbons (Fsp3) is 0.500. The lowest BCUT2D eigenvalue weighted by Gasteiger charge is -2.26. The molecule has 2 rings (SSSR count). The largest absolute Gasteiger partial charge is 0.458 e. The maximum Gasteiger partial charge on any atom is 0.253 e. The van der Waals surface area contributed by atoms with Crippen molar-refractivity contribution in [3.05, 3.63) is 0 Å². The molecular weight excluding hydrogens is 108 g/mol. The van der Waals surface area contributed by atoms with Crippen molar-refractivity contribution >= 4 is 12.3 Å². The van der Waals surface area contributed by atoms with Crippen molar-refractivity contribution in [3.8, 4) is 0 Å². The molecule has 4 nitrogen and oxygen atoms in total. The molecule has 1 saturated heterocycles. The van der Waals surface area contributed by atoms with Gasteiger partial charge in [-0.2, -0.15) is 0 Å². The zero-order valence-electron chi connectivity index (χ0n) is 4.00. The highest BCUT2D eigenvalue weighted by Crippen LogP contribution is 2.14. The molecule has 2 aliphatic rings. The molecule has 2 heterocycles. The molecule has 1 fully saturated rings. The minimum absolute atomic E-state index is 0.0382. The minimum Gasteiger partial charge on any atom is -0.458 e. The van der Waals surface area contributed by atoms with E-state index in [0.717, 1.165) is 0 Å². The summed E-state index contributed by atoms with van der Waals surface area (Å²) in [7, 11) is 0. The maximum absolute atomic E-state index is 10.4. The number of carbonyl (C=O) groups is 1. The highest BCUT2D eigenvalue weighted by Gasteiger charge is 2.43. The van der Waals surface area contributed by atoms with Crippen molar-refractivity contribution in [2.75, 3.05) is 0 Å². The Hall–Kier alpha value is -1.06. The number of carbonyl (C=O) groups excluding carboxylic acids is 1. The SMILES string of the molecule is O=C1N[C@H]2OC=N[C@@H]12. The van der Waals surface area contributed by atoms with E-state index in [0.29, 0.717) is 0 Å². The summed E-state index contributed by atoms with van der Waals surface area (Å²) in [5.41, 5.74) is 0. The first-order valence-corrected chi connectivity index (χ1v) is 2.35. The number of nitrogens with one attached hydrogen (secondary N) is 1. The molecule has 0 saturated carbocycles. The molecular formula is C4H4N2O2. The van der Waals surface area contributed by atoms with Gasteiger partial charge in [0.25, 0.3) is 5.91 Å². The van der Waals surface area contributed by atoms with Crippen LogP contribution in [0.4, 0.5) is 0 Å². The van der Waals surface area contributed by atoms with Crippen LogP contribution in [0.15, 0.2) is 4.99 Å². The fourth-order valence-corrected chi connectivity index (χ4v) is 0.766. The van der Waals surface area contributed by atoms with Crippen LogP contribution in [0.1, 0.15) is 0 Å². The van der Waals surface area contributed by atoms with Crippen molar-refractivity contribution in [1.82, 2.24) is 5.32 Å². The van der Waals surface area contributed by atoms with Gasteiger partial charge in [-0.1, -0.05) is 0 Å². The average Bonchev–Trinajstić information content (AvgIpc) is 2.09. The number of amides is 1. The van der Waals surface area contributed by atoms with Crippen LogP contribution in [-0.4, -0.2) is 24.6 Å². The second kappa shape index (κ2) is 1.02. The first-order valence-electron chi connectivity index (χ1n) is 2.35. The number of fused-ring (bicyclic) bond motifs is 1. The van der Waals surface area contributed by atoms with Gasteiger partial charge in [-0.25, -0.2) is 4.99 Å². The van der Waals surface area contributed by atoms with E-state index in [1.165, 1.54) is 6.40 Å². The number of β-lactam (4-membered cyclic amide) rings is 1. The molecule has 0 radical (unpaired) electrons. The third kappa shape index (κ3) is 0.267. The average molecular weight is 112 g/mol. The highest BCUT2D eigenvalue weighted by molar-refractivity contribution is 5.91. The second-order valence-electron chi connectivity index (χ2n) is 1.76. The van der Waals surface area contributed by atoms with Crippen LogP contribution in [-0.2, 0) is 9.53 Å². The number of rotatable bonds is 0. The molecule has 0 aliphatic carbocycles. The topological polar surface area (TPSA) is 50.7 Å². The molecule has 2 atom stereocenters. The summed E-state index contributed by atoms with van der Waals surface area (Å²) in [6.07, 6.45) is 1.16. The summed E-state index contributed by atoms with van der Waals surface area (Å²) in [5.74, 6) is -0.0382. The van der Waals surface area contributed by atoms with E-state index in [1.54, 1.807) is 0 Å². The normalized spacial score (nSPS) is 39.8. The third-order valence-corrected chi connectivity index (χ3v) is 1.27. The Balaban J connectivity index is 2.21. The lowest BCUT2D eigenvalue weighted by Crippen LogP contribution is -2.59. The van der Waals surface area contributed by atoms with Crippen LogP contribution >= 0.6 is 0 Å². The molecule has 1 N–H and O–H groups in total. The van der Waals surface area contributed by atoms with Gasteiger partial charge in [0.15, 0.2) is 12.4 Å². The van der Waals surface area contributed by atoms with Gasteiger partial charge in [-0.15, -0.1) is 0 Å². The van der Waals surface area contributed by atoms with Crippen molar-refractivity contribution < 1.29 is 9.53 Å². The molecule has 0 unspecified atom stereocenters. The van der Waals surface area contributed by atoms with Gasteiger partial charge < -0.3 is 10.1 Å². The summed E-state index contributed by atoms with van der Waals surface area (Å²) in [6.45, 7) is 0. The molecule has 1 amide bonds. The van der Waals surface area contributed by atoms with E-state index in [4.69, 9.17) is 4.74 Å². The number of ether oxygens (including phenoxy) is 1. The number of hydrogen-bond donors (Lipinski definition) is 1. The van der Waals surface area contributed by atoms with Crippen LogP contribution in [0.5, 0.6) is 0 Å². The van der Waals surface area contributed by atoms with Gasteiger partial charge in [0.05, 0.1) is 0 Å². The first kappa shape index (κ1) is 3.88. The maximum atomic E-state index is 10.4. The monoisotopic (exact) mass is 112 g/mol. The van der Waals surface area contributed by atoms with Crippen molar-refractivity contribution in [1.29, 1.82) is 0 Å². The molecule has 42 valence electrons. The van der Waals surface area contributed by atoms with Crippen molar-refractivity contribution in [2.24, 2.45) is 4.99 Å². The molecule has 0 aromatic heterocycles. The second-order valence-corrected chi connectivity index (χ2v) is 1.76. The summed E-state index contributed by atoms with van der Waals surface area (Å²) in [6, 6.07) is -0.241. The molecule has 0 aromatic carbocycles. The molecule has 8 heavy (non-hydrogen) atoms. The zero-order valence-corrected chi connectivity index (χ0v) is 4.00. The van der Waals surface area contributed by atoms with E-state index in [9.17, 15) is 4.79 Å². The van der Waals surface area contributed by atoms with Gasteiger partial charge in [-0.05, 0) is 0 Å². The lowest BCUT2D eigenvalue weighted by molar-refractivity contribution is -0.135. The third-order valence-electron chi connectivity index (χ3n) is 1.27. The van der Waals surface area contributed by atoms with Crippen LogP contribution in [0.25, 0.3) is 0 Å². The van der Waals surface area contributed by atoms with Crippen molar-refractivity contribution in [3.63, 3.8) is 0 Å². The van der Waals surface area contributed by atoms with E-state index < -0.39 is 0 Å². The van der Waals surface area contributed by atoms with Crippen molar-refractivity contribution in [2.45, 2.75) is 12.3 Å². The summed E-state index contributed by atoms with van der Waals surface area (Å²) in [4.78, 5) is 14.1. The standard InChI is InChI=1S/C4H4N2O2/c7-3-2-4(6-3)8-1-5-2/h1-2,4H,(H,6,7)/t2-,4-/m0/s1. The van der Waals surface area contributed by atoms with Gasteiger partial charge in [0.1, 0.15) is 0 Å². The van der Waals surface area contributed by atoms with E-state index in [2.05, 4.69) is 10.3 Å². The first-order chi connectivity index (χ1) is 3.88. The van der Waals surface area contributed by atoms with Crippen LogP contribution in [0, 0.1) is 0 Å². The highest BCUT2D eigenvalue weighted by atomic mass is 16.5. The van der Waals surface area contributed by atoms with Gasteiger partial charge in [0.2, 0.25) is 6.23 Å². The molecule has 0 aromatic rings. The zero-order chi connectivity index (χ0) is 5.56. The molecule has 0 spiro atoms. The Bertz CT molecular complexity index is 165. The summed E-state index contributed by atoms with van der Waals surface area (Å²) in [5, 5.41) is 2.52. The minimum atomic E-state index is -0.241. The van der Waals surface area contributed by atoms with E-state index in [1.807, 2.05) is 0 Å². The summed E-state index contributed by atoms with van der Waals surface area (Å²) >= 11 is 0. The Kier molecular flexibility index (Phi) is 0.494. The predicted molar refractivity (Wildman–Crippen MR) is 25.3 cm³/mol. The Labute approximate surface area is 45.5 Å². The molecule has 0 bridgehead atoms. The lowest BCUT2D eigenvalue weighted by atomic mass is 10.1. The summed E-state index contributed by atoms with van der Waals surface area (Å²) < 4.78 is 4.80. The quantitative estimate of drug-likeness (QED) is 0.403. The Morgan fingerprint density at radius 2 is 2.75 bits per heavy atom. The van der Waals surface area contributed by atoms with E-state index in [-0.39, 0.29) is 18.2 Å². The Morgan fingerprint density at radius 3 is 3.25 bits per heavy atom. The number of hydrogen-bond acceptors (Lipinski definition) is 3. The van der Waals surface area contributed by atoms with Gasteiger partial charge in [0, 0.05) is 0 Å². The molecule has 4 heteroatoms. The van der Waals surface area contributed by atoms with Gasteiger partial charge in [-0.3, -0.25) is 4.79 Å². The number of nitrogens with zero attached hydrogens (tertiary/aromatic N) is 1. The smallest absolute Gasteiger partial charge is 0.253 e. The van der Waals surface area contributed by atoms with Crippen LogP contribution < -0.4 is 5.32 Å². The van der Waals surface area contributed by atoms with Crippen LogP contribution in [0.2, 0.25) is 0 Å². The van der Waals surface area contributed by atoms with Crippen LogP contribution in [0.3, 0.4) is 0 Å². The molecule has 2 aliphatic heterocycles. The van der Waals surface area contributed by atoms with Gasteiger partial charge >= 0.3 is 0 Å². The predicted octanol–water partition coefficient (Wildman–Crippen LogP) is -1.13. The Morgan fingerprint density at radius 1 is 1.88 bits per heavy atom.